The van der Waals surface area contributed by atoms with E-state index in [1.165, 1.54) is 0 Å². The monoisotopic (exact) mass is 506 g/mol. The SMILES string of the molecule is CCOC(=O)CCCCCOCCOC(C)CC.CCOC(=O)CCCCOCCOC(C)CC. The van der Waals surface area contributed by atoms with Gasteiger partial charge < -0.3 is 28.4 Å². The van der Waals surface area contributed by atoms with Crippen LogP contribution in [0.2, 0.25) is 0 Å². The predicted molar refractivity (Wildman–Crippen MR) is 139 cm³/mol. The summed E-state index contributed by atoms with van der Waals surface area (Å²) in [4.78, 5) is 22.0. The van der Waals surface area contributed by atoms with E-state index in [2.05, 4.69) is 27.7 Å². The summed E-state index contributed by atoms with van der Waals surface area (Å²) >= 11 is 0. The second kappa shape index (κ2) is 29.0. The van der Waals surface area contributed by atoms with E-state index in [1.807, 2.05) is 13.8 Å². The molecule has 0 aliphatic carbocycles. The van der Waals surface area contributed by atoms with E-state index in [-0.39, 0.29) is 11.9 Å². The van der Waals surface area contributed by atoms with Gasteiger partial charge in [-0.05, 0) is 66.2 Å². The van der Waals surface area contributed by atoms with Crippen LogP contribution in [0.5, 0.6) is 0 Å². The molecule has 0 amide bonds. The van der Waals surface area contributed by atoms with Crippen LogP contribution < -0.4 is 0 Å². The Hall–Kier alpha value is -1.22. The van der Waals surface area contributed by atoms with E-state index in [1.54, 1.807) is 0 Å². The van der Waals surface area contributed by atoms with Crippen LogP contribution in [0, 0.1) is 0 Å². The van der Waals surface area contributed by atoms with Crippen LogP contribution >= 0.6 is 0 Å². The van der Waals surface area contributed by atoms with Crippen LogP contribution in [0.3, 0.4) is 0 Å². The van der Waals surface area contributed by atoms with Crippen molar-refractivity contribution in [1.82, 2.24) is 0 Å². The molecular formula is C27H54O8. The first-order valence-electron chi connectivity index (χ1n) is 13.6. The van der Waals surface area contributed by atoms with E-state index in [9.17, 15) is 9.59 Å². The highest BCUT2D eigenvalue weighted by molar-refractivity contribution is 5.69. The summed E-state index contributed by atoms with van der Waals surface area (Å²) < 4.78 is 31.5. The van der Waals surface area contributed by atoms with E-state index in [0.29, 0.717) is 71.3 Å². The number of carbonyl (C=O) groups excluding carboxylic acids is 2. The summed E-state index contributed by atoms with van der Waals surface area (Å²) in [6, 6.07) is 0. The normalized spacial score (nSPS) is 12.4. The molecule has 0 saturated carbocycles. The molecule has 2 unspecified atom stereocenters. The zero-order chi connectivity index (χ0) is 26.6. The van der Waals surface area contributed by atoms with E-state index in [0.717, 1.165) is 51.6 Å². The highest BCUT2D eigenvalue weighted by Gasteiger charge is 2.02. The molecule has 0 saturated heterocycles. The van der Waals surface area contributed by atoms with Crippen LogP contribution in [0.4, 0.5) is 0 Å². The molecule has 0 aliphatic rings. The molecule has 0 aromatic rings. The lowest BCUT2D eigenvalue weighted by Crippen LogP contribution is -2.12. The first-order chi connectivity index (χ1) is 16.9. The first kappa shape index (κ1) is 35.9. The summed E-state index contributed by atoms with van der Waals surface area (Å²) in [7, 11) is 0. The molecule has 0 aliphatic heterocycles. The number of esters is 2. The molecule has 0 rings (SSSR count). The molecule has 0 aromatic carbocycles. The minimum atomic E-state index is -0.118. The zero-order valence-corrected chi connectivity index (χ0v) is 23.4. The number of hydrogen-bond acceptors (Lipinski definition) is 8. The summed E-state index contributed by atoms with van der Waals surface area (Å²) in [5.74, 6) is -0.215. The molecule has 0 spiro atoms. The van der Waals surface area contributed by atoms with Crippen molar-refractivity contribution in [2.24, 2.45) is 0 Å². The number of carbonyl (C=O) groups is 2. The Morgan fingerprint density at radius 3 is 1.34 bits per heavy atom. The van der Waals surface area contributed by atoms with Gasteiger partial charge >= 0.3 is 11.9 Å². The van der Waals surface area contributed by atoms with Crippen LogP contribution in [0.15, 0.2) is 0 Å². The molecule has 0 aromatic heterocycles. The van der Waals surface area contributed by atoms with Crippen LogP contribution in [0.25, 0.3) is 0 Å². The fraction of sp³-hybridized carbons (Fsp3) is 0.926. The van der Waals surface area contributed by atoms with Crippen LogP contribution in [-0.2, 0) is 38.0 Å². The van der Waals surface area contributed by atoms with Gasteiger partial charge in [-0.3, -0.25) is 9.59 Å². The van der Waals surface area contributed by atoms with Gasteiger partial charge in [0.1, 0.15) is 0 Å². The summed E-state index contributed by atoms with van der Waals surface area (Å²) in [5.41, 5.74) is 0. The second-order valence-corrected chi connectivity index (χ2v) is 8.28. The number of rotatable bonds is 23. The molecule has 0 fully saturated rings. The summed E-state index contributed by atoms with van der Waals surface area (Å²) in [6.07, 6.45) is 8.28. The lowest BCUT2D eigenvalue weighted by molar-refractivity contribution is -0.144. The topological polar surface area (TPSA) is 89.5 Å². The van der Waals surface area contributed by atoms with Crippen molar-refractivity contribution < 1.29 is 38.0 Å². The predicted octanol–water partition coefficient (Wildman–Crippen LogP) is 5.49. The van der Waals surface area contributed by atoms with E-state index >= 15 is 0 Å². The van der Waals surface area contributed by atoms with Gasteiger partial charge in [0.15, 0.2) is 0 Å². The molecule has 2 atom stereocenters. The lowest BCUT2D eigenvalue weighted by atomic mass is 10.2. The zero-order valence-electron chi connectivity index (χ0n) is 23.4. The Labute approximate surface area is 214 Å². The van der Waals surface area contributed by atoms with E-state index in [4.69, 9.17) is 28.4 Å². The number of ether oxygens (including phenoxy) is 6. The second-order valence-electron chi connectivity index (χ2n) is 8.28. The molecular weight excluding hydrogens is 452 g/mol. The number of unbranched alkanes of at least 4 members (excludes halogenated alkanes) is 3. The van der Waals surface area contributed by atoms with Crippen molar-refractivity contribution >= 4 is 11.9 Å². The van der Waals surface area contributed by atoms with Crippen molar-refractivity contribution in [2.45, 2.75) is 112 Å². The maximum Gasteiger partial charge on any atom is 0.305 e. The Morgan fingerprint density at radius 2 is 0.943 bits per heavy atom. The molecule has 0 bridgehead atoms. The van der Waals surface area contributed by atoms with Gasteiger partial charge in [0.05, 0.1) is 51.8 Å². The van der Waals surface area contributed by atoms with Crippen LogP contribution in [-0.4, -0.2) is 77.0 Å². The van der Waals surface area contributed by atoms with Gasteiger partial charge in [-0.2, -0.15) is 0 Å². The average molecular weight is 507 g/mol. The third-order valence-electron chi connectivity index (χ3n) is 5.11. The van der Waals surface area contributed by atoms with Crippen LogP contribution in [0.1, 0.15) is 99.3 Å². The smallest absolute Gasteiger partial charge is 0.305 e. The fourth-order valence-electron chi connectivity index (χ4n) is 2.65. The van der Waals surface area contributed by atoms with Gasteiger partial charge in [-0.15, -0.1) is 0 Å². The molecule has 210 valence electrons. The molecule has 35 heavy (non-hydrogen) atoms. The average Bonchev–Trinajstić information content (AvgIpc) is 2.84. The van der Waals surface area contributed by atoms with Gasteiger partial charge in [0, 0.05) is 26.1 Å². The quantitative estimate of drug-likeness (QED) is 0.133. The highest BCUT2D eigenvalue weighted by atomic mass is 16.5. The maximum atomic E-state index is 11.0. The minimum absolute atomic E-state index is 0.0969. The lowest BCUT2D eigenvalue weighted by Gasteiger charge is -2.10. The van der Waals surface area contributed by atoms with Crippen molar-refractivity contribution in [3.63, 3.8) is 0 Å². The fourth-order valence-corrected chi connectivity index (χ4v) is 2.65. The molecule has 0 N–H and O–H groups in total. The Kier molecular flexibility index (Phi) is 29.8. The molecule has 0 radical (unpaired) electrons. The third-order valence-corrected chi connectivity index (χ3v) is 5.11. The van der Waals surface area contributed by atoms with Crippen molar-refractivity contribution in [3.8, 4) is 0 Å². The minimum Gasteiger partial charge on any atom is -0.466 e. The van der Waals surface area contributed by atoms with Crippen molar-refractivity contribution in [2.75, 3.05) is 52.9 Å². The number of hydrogen-bond donors (Lipinski definition) is 0. The molecule has 8 heteroatoms. The molecule has 8 nitrogen and oxygen atoms in total. The Balaban J connectivity index is 0. The summed E-state index contributed by atoms with van der Waals surface area (Å²) in [5, 5.41) is 0. The van der Waals surface area contributed by atoms with Gasteiger partial charge in [-0.1, -0.05) is 20.3 Å². The largest absolute Gasteiger partial charge is 0.466 e. The standard InChI is InChI=1S/C14H28O4.C13H26O4/c1-4-13(3)18-12-11-16-10-8-6-7-9-14(15)17-5-2;1-4-12(3)17-11-10-15-9-7-6-8-13(14)16-5-2/h13H,4-12H2,1-3H3;12H,4-11H2,1-3H3. The van der Waals surface area contributed by atoms with Crippen molar-refractivity contribution in [1.29, 1.82) is 0 Å². The Bertz CT molecular complexity index is 458. The van der Waals surface area contributed by atoms with Gasteiger partial charge in [0.2, 0.25) is 0 Å². The molecule has 0 heterocycles. The third kappa shape index (κ3) is 30.7. The van der Waals surface area contributed by atoms with Gasteiger partial charge in [-0.25, -0.2) is 0 Å². The van der Waals surface area contributed by atoms with Gasteiger partial charge in [0.25, 0.3) is 0 Å². The highest BCUT2D eigenvalue weighted by Crippen LogP contribution is 2.02. The van der Waals surface area contributed by atoms with Crippen molar-refractivity contribution in [3.05, 3.63) is 0 Å². The Morgan fingerprint density at radius 1 is 0.543 bits per heavy atom. The van der Waals surface area contributed by atoms with E-state index < -0.39 is 0 Å². The summed E-state index contributed by atoms with van der Waals surface area (Å²) in [6.45, 7) is 16.9. The first-order valence-corrected chi connectivity index (χ1v) is 13.6. The maximum absolute atomic E-state index is 11.0.